The summed E-state index contributed by atoms with van der Waals surface area (Å²) in [6.07, 6.45) is 1.80. The lowest BCUT2D eigenvalue weighted by molar-refractivity contribution is -0.109. The summed E-state index contributed by atoms with van der Waals surface area (Å²) in [7, 11) is -0.613. The Labute approximate surface area is 158 Å². The second-order valence-corrected chi connectivity index (χ2v) is 8.54. The number of rotatable bonds is 5. The largest absolute Gasteiger partial charge is 0.491 e. The van der Waals surface area contributed by atoms with Crippen molar-refractivity contribution in [3.05, 3.63) is 40.6 Å². The van der Waals surface area contributed by atoms with Crippen LogP contribution in [0.1, 0.15) is 57.5 Å². The average molecular weight is 378 g/mol. The first-order valence-corrected chi connectivity index (χ1v) is 9.41. The van der Waals surface area contributed by atoms with Crippen molar-refractivity contribution in [1.29, 1.82) is 0 Å². The first-order valence-electron chi connectivity index (χ1n) is 8.43. The fourth-order valence-electron chi connectivity index (χ4n) is 2.47. The molecule has 0 N–H and O–H groups in total. The number of Topliss-reactive ketones (excluding diaryl/α,β-unsaturated/α-hetero) is 1. The van der Waals surface area contributed by atoms with Gasteiger partial charge in [0, 0.05) is 12.7 Å². The van der Waals surface area contributed by atoms with Gasteiger partial charge in [-0.2, -0.15) is 0 Å². The molecule has 0 bridgehead atoms. The van der Waals surface area contributed by atoms with Crippen molar-refractivity contribution < 1.29 is 23.3 Å². The highest BCUT2D eigenvalue weighted by Crippen LogP contribution is 2.39. The number of carbonyl (C=O) groups is 2. The zero-order valence-corrected chi connectivity index (χ0v) is 16.8. The molecule has 0 saturated carbocycles. The van der Waals surface area contributed by atoms with Gasteiger partial charge < -0.3 is 9.31 Å². The van der Waals surface area contributed by atoms with Crippen LogP contribution in [0.4, 0.5) is 4.39 Å². The molecule has 2 rings (SSSR count). The molecule has 0 unspecified atom stereocenters. The summed E-state index contributed by atoms with van der Waals surface area (Å²) in [6.45, 7) is 10.6. The van der Waals surface area contributed by atoms with Crippen LogP contribution in [-0.2, 0) is 14.1 Å². The lowest BCUT2D eigenvalue weighted by Gasteiger charge is -2.32. The zero-order chi connectivity index (χ0) is 19.7. The van der Waals surface area contributed by atoms with Crippen LogP contribution in [0.25, 0.3) is 6.08 Å². The molecule has 140 valence electrons. The van der Waals surface area contributed by atoms with Crippen LogP contribution < -0.4 is 0 Å². The third kappa shape index (κ3) is 4.64. The molecule has 4 nitrogen and oxygen atoms in total. The predicted octanol–water partition coefficient (Wildman–Crippen LogP) is 4.32. The third-order valence-corrected chi connectivity index (χ3v) is 5.60. The Hall–Kier alpha value is -1.44. The van der Waals surface area contributed by atoms with Crippen LogP contribution in [0.2, 0.25) is 0 Å². The van der Waals surface area contributed by atoms with E-state index in [1.165, 1.54) is 26.0 Å². The SMILES string of the molecule is CC(=O)SCC(=Cc1ccc(F)c(C(C)=O)c1)B1OC(C)(C)C(C)(C)O1. The first kappa shape index (κ1) is 20.9. The van der Waals surface area contributed by atoms with E-state index in [9.17, 15) is 14.0 Å². The highest BCUT2D eigenvalue weighted by molar-refractivity contribution is 8.13. The number of benzene rings is 1. The summed E-state index contributed by atoms with van der Waals surface area (Å²) in [6, 6.07) is 4.36. The minimum Gasteiger partial charge on any atom is -0.400 e. The highest BCUT2D eigenvalue weighted by atomic mass is 32.2. The van der Waals surface area contributed by atoms with Crippen LogP contribution >= 0.6 is 11.8 Å². The molecule has 1 aliphatic heterocycles. The van der Waals surface area contributed by atoms with Gasteiger partial charge in [0.15, 0.2) is 10.9 Å². The fourth-order valence-corrected chi connectivity index (χ4v) is 3.06. The second-order valence-electron chi connectivity index (χ2n) is 7.38. The summed E-state index contributed by atoms with van der Waals surface area (Å²) >= 11 is 1.15. The van der Waals surface area contributed by atoms with Crippen molar-refractivity contribution in [1.82, 2.24) is 0 Å². The number of halogens is 1. The monoisotopic (exact) mass is 378 g/mol. The highest BCUT2D eigenvalue weighted by Gasteiger charge is 2.52. The quantitative estimate of drug-likeness (QED) is 0.564. The number of carbonyl (C=O) groups excluding carboxylic acids is 2. The van der Waals surface area contributed by atoms with E-state index in [4.69, 9.17) is 9.31 Å². The lowest BCUT2D eigenvalue weighted by Crippen LogP contribution is -2.41. The van der Waals surface area contributed by atoms with E-state index in [0.29, 0.717) is 11.3 Å². The molecule has 1 aliphatic rings. The minimum atomic E-state index is -0.613. The third-order valence-electron chi connectivity index (χ3n) is 4.72. The molecule has 26 heavy (non-hydrogen) atoms. The molecule has 1 aromatic carbocycles. The zero-order valence-electron chi connectivity index (χ0n) is 16.0. The van der Waals surface area contributed by atoms with E-state index >= 15 is 0 Å². The molecule has 1 fully saturated rings. The van der Waals surface area contributed by atoms with Crippen molar-refractivity contribution in [2.75, 3.05) is 5.75 Å². The molecule has 0 atom stereocenters. The maximum Gasteiger partial charge on any atom is 0.491 e. The molecular formula is C19H24BFO4S. The summed E-state index contributed by atoms with van der Waals surface area (Å²) in [5.41, 5.74) is 0.428. The second kappa shape index (κ2) is 7.67. The molecule has 0 amide bonds. The Balaban J connectivity index is 2.39. The average Bonchev–Trinajstić information content (AvgIpc) is 2.72. The van der Waals surface area contributed by atoms with Gasteiger partial charge >= 0.3 is 7.12 Å². The molecule has 7 heteroatoms. The summed E-state index contributed by atoms with van der Waals surface area (Å²) in [4.78, 5) is 23.0. The molecule has 0 spiro atoms. The van der Waals surface area contributed by atoms with Crippen molar-refractivity contribution >= 4 is 35.9 Å². The van der Waals surface area contributed by atoms with E-state index < -0.39 is 24.1 Å². The first-order chi connectivity index (χ1) is 11.9. The van der Waals surface area contributed by atoms with Crippen molar-refractivity contribution in [3.8, 4) is 0 Å². The predicted molar refractivity (Wildman–Crippen MR) is 104 cm³/mol. The molecule has 1 heterocycles. The van der Waals surface area contributed by atoms with Gasteiger partial charge in [0.25, 0.3) is 0 Å². The minimum absolute atomic E-state index is 0.0176. The van der Waals surface area contributed by atoms with Crippen LogP contribution in [-0.4, -0.2) is 35.0 Å². The molecular weight excluding hydrogens is 354 g/mol. The van der Waals surface area contributed by atoms with Gasteiger partial charge in [-0.1, -0.05) is 23.9 Å². The molecule has 0 radical (unpaired) electrons. The number of hydrogen-bond donors (Lipinski definition) is 0. The van der Waals surface area contributed by atoms with E-state index in [2.05, 4.69) is 0 Å². The Morgan fingerprint density at radius 2 is 1.73 bits per heavy atom. The fraction of sp³-hybridized carbons (Fsp3) is 0.474. The standard InChI is InChI=1S/C19H24BFO4S/c1-12(22)16-10-14(7-8-17(16)21)9-15(11-26-13(2)23)20-24-18(3,4)19(5,6)25-20/h7-10H,11H2,1-6H3. The smallest absolute Gasteiger partial charge is 0.400 e. The summed E-state index contributed by atoms with van der Waals surface area (Å²) in [5.74, 6) is -0.503. The van der Waals surface area contributed by atoms with Crippen LogP contribution in [0, 0.1) is 5.82 Å². The van der Waals surface area contributed by atoms with Gasteiger partial charge in [-0.25, -0.2) is 4.39 Å². The van der Waals surface area contributed by atoms with Crippen LogP contribution in [0.15, 0.2) is 23.7 Å². The maximum absolute atomic E-state index is 13.8. The maximum atomic E-state index is 13.8. The van der Waals surface area contributed by atoms with Crippen LogP contribution in [0.5, 0.6) is 0 Å². The lowest BCUT2D eigenvalue weighted by atomic mass is 9.78. The molecule has 0 aliphatic carbocycles. The normalized spacial score (nSPS) is 18.9. The van der Waals surface area contributed by atoms with Gasteiger partial charge in [0.05, 0.1) is 16.8 Å². The van der Waals surface area contributed by atoms with Crippen molar-refractivity contribution in [2.45, 2.75) is 52.7 Å². The molecule has 1 aromatic rings. The van der Waals surface area contributed by atoms with E-state index in [0.717, 1.165) is 17.2 Å². The molecule has 1 saturated heterocycles. The van der Waals surface area contributed by atoms with E-state index in [1.54, 1.807) is 12.1 Å². The van der Waals surface area contributed by atoms with Gasteiger partial charge in [-0.05, 0) is 57.8 Å². The number of hydrogen-bond acceptors (Lipinski definition) is 5. The van der Waals surface area contributed by atoms with Crippen LogP contribution in [0.3, 0.4) is 0 Å². The number of thioether (sulfide) groups is 1. The number of ketones is 1. The van der Waals surface area contributed by atoms with E-state index in [-0.39, 0.29) is 16.5 Å². The van der Waals surface area contributed by atoms with Gasteiger partial charge in [-0.3, -0.25) is 9.59 Å². The van der Waals surface area contributed by atoms with Gasteiger partial charge in [-0.15, -0.1) is 0 Å². The Morgan fingerprint density at radius 3 is 2.23 bits per heavy atom. The summed E-state index contributed by atoms with van der Waals surface area (Å²) < 4.78 is 25.9. The Morgan fingerprint density at radius 1 is 1.15 bits per heavy atom. The van der Waals surface area contributed by atoms with Gasteiger partial charge in [0.2, 0.25) is 0 Å². The van der Waals surface area contributed by atoms with E-state index in [1.807, 2.05) is 27.7 Å². The van der Waals surface area contributed by atoms with Gasteiger partial charge in [0.1, 0.15) is 5.82 Å². The van der Waals surface area contributed by atoms with Crippen molar-refractivity contribution in [2.24, 2.45) is 0 Å². The Bertz CT molecular complexity index is 742. The topological polar surface area (TPSA) is 52.6 Å². The Kier molecular flexibility index (Phi) is 6.15. The summed E-state index contributed by atoms with van der Waals surface area (Å²) in [5, 5.41) is -0.0176. The molecule has 0 aromatic heterocycles. The van der Waals surface area contributed by atoms with Crippen molar-refractivity contribution in [3.63, 3.8) is 0 Å².